The number of fused-ring (bicyclic) bond motifs is 2. The maximum absolute atomic E-state index is 10.6. The van der Waals surface area contributed by atoms with Gasteiger partial charge in [-0.05, 0) is 19.3 Å². The first-order chi connectivity index (χ1) is 8.22. The fourth-order valence-electron chi connectivity index (χ4n) is 2.59. The molecule has 0 amide bonds. The van der Waals surface area contributed by atoms with Crippen LogP contribution in [-0.2, 0) is 4.74 Å². The number of hydrogen-bond donors (Lipinski definition) is 1. The predicted molar refractivity (Wildman–Crippen MR) is 60.8 cm³/mol. The summed E-state index contributed by atoms with van der Waals surface area (Å²) in [5.74, 6) is 0.556. The summed E-state index contributed by atoms with van der Waals surface area (Å²) in [7, 11) is 0. The van der Waals surface area contributed by atoms with Gasteiger partial charge < -0.3 is 10.1 Å². The van der Waals surface area contributed by atoms with E-state index < -0.39 is 4.92 Å². The first-order valence-electron chi connectivity index (χ1n) is 5.75. The molecular weight excluding hydrogens is 222 g/mol. The van der Waals surface area contributed by atoms with E-state index in [1.165, 1.54) is 18.3 Å². The monoisotopic (exact) mass is 235 g/mol. The molecule has 6 heteroatoms. The van der Waals surface area contributed by atoms with Gasteiger partial charge in [-0.2, -0.15) is 0 Å². The van der Waals surface area contributed by atoms with E-state index in [0.29, 0.717) is 11.9 Å². The molecule has 3 heterocycles. The molecule has 2 saturated heterocycles. The lowest BCUT2D eigenvalue weighted by Crippen LogP contribution is -2.30. The molecule has 0 spiro atoms. The lowest BCUT2D eigenvalue weighted by molar-refractivity contribution is -0.384. The molecular formula is C11H13N3O3. The SMILES string of the molecule is O=[N+]([O-])c1ccnc(NC2CC3CCC2O3)c1. The number of nitro groups is 1. The molecule has 6 nitrogen and oxygen atoms in total. The zero-order valence-corrected chi connectivity index (χ0v) is 9.20. The average Bonchev–Trinajstić information content (AvgIpc) is 2.91. The van der Waals surface area contributed by atoms with Crippen molar-refractivity contribution >= 4 is 11.5 Å². The molecule has 3 unspecified atom stereocenters. The van der Waals surface area contributed by atoms with Crippen LogP contribution in [0.4, 0.5) is 11.5 Å². The maximum Gasteiger partial charge on any atom is 0.274 e. The summed E-state index contributed by atoms with van der Waals surface area (Å²) in [6.07, 6.45) is 5.21. The number of hydrogen-bond acceptors (Lipinski definition) is 5. The fraction of sp³-hybridized carbons (Fsp3) is 0.545. The van der Waals surface area contributed by atoms with E-state index in [1.54, 1.807) is 0 Å². The van der Waals surface area contributed by atoms with Crippen LogP contribution in [0.3, 0.4) is 0 Å². The van der Waals surface area contributed by atoms with E-state index in [-0.39, 0.29) is 17.8 Å². The Morgan fingerprint density at radius 2 is 2.41 bits per heavy atom. The topological polar surface area (TPSA) is 77.3 Å². The lowest BCUT2D eigenvalue weighted by atomic mass is 9.95. The quantitative estimate of drug-likeness (QED) is 0.637. The first kappa shape index (κ1) is 10.5. The van der Waals surface area contributed by atoms with Gasteiger partial charge >= 0.3 is 0 Å². The molecule has 1 aromatic heterocycles. The van der Waals surface area contributed by atoms with Crippen LogP contribution in [0.15, 0.2) is 18.3 Å². The van der Waals surface area contributed by atoms with Gasteiger partial charge in [0, 0.05) is 12.3 Å². The van der Waals surface area contributed by atoms with Gasteiger partial charge in [0.15, 0.2) is 0 Å². The van der Waals surface area contributed by atoms with Crippen LogP contribution in [0.5, 0.6) is 0 Å². The van der Waals surface area contributed by atoms with E-state index in [0.717, 1.165) is 19.3 Å². The standard InChI is InChI=1S/C11H13N3O3/c15-14(16)7-3-4-12-11(5-7)13-9-6-8-1-2-10(9)17-8/h3-5,8-10H,1-2,6H2,(H,12,13). The zero-order valence-electron chi connectivity index (χ0n) is 9.20. The number of nitrogens with zero attached hydrogens (tertiary/aromatic N) is 2. The molecule has 0 aliphatic carbocycles. The summed E-state index contributed by atoms with van der Waals surface area (Å²) in [6, 6.07) is 3.09. The number of ether oxygens (including phenoxy) is 1. The summed E-state index contributed by atoms with van der Waals surface area (Å²) >= 11 is 0. The number of aromatic nitrogens is 1. The summed E-state index contributed by atoms with van der Waals surface area (Å²) in [6.45, 7) is 0. The molecule has 3 rings (SSSR count). The van der Waals surface area contributed by atoms with Gasteiger partial charge in [0.25, 0.3) is 5.69 Å². The molecule has 2 bridgehead atoms. The Morgan fingerprint density at radius 1 is 1.53 bits per heavy atom. The number of anilines is 1. The van der Waals surface area contributed by atoms with Crippen LogP contribution in [0.25, 0.3) is 0 Å². The maximum atomic E-state index is 10.6. The Bertz CT molecular complexity index is 451. The second-order valence-corrected chi connectivity index (χ2v) is 4.52. The van der Waals surface area contributed by atoms with Crippen molar-refractivity contribution in [3.63, 3.8) is 0 Å². The molecule has 1 aromatic rings. The van der Waals surface area contributed by atoms with E-state index in [2.05, 4.69) is 10.3 Å². The van der Waals surface area contributed by atoms with Crippen LogP contribution in [0.2, 0.25) is 0 Å². The van der Waals surface area contributed by atoms with Crippen LogP contribution in [-0.4, -0.2) is 28.2 Å². The van der Waals surface area contributed by atoms with E-state index >= 15 is 0 Å². The number of rotatable bonds is 3. The van der Waals surface area contributed by atoms with E-state index in [9.17, 15) is 10.1 Å². The minimum absolute atomic E-state index is 0.0616. The minimum atomic E-state index is -0.413. The molecule has 0 aromatic carbocycles. The van der Waals surface area contributed by atoms with Crippen molar-refractivity contribution in [3.8, 4) is 0 Å². The Labute approximate surface area is 98.1 Å². The Kier molecular flexibility index (Phi) is 2.44. The average molecular weight is 235 g/mol. The summed E-state index contributed by atoms with van der Waals surface area (Å²) in [5, 5.41) is 13.9. The lowest BCUT2D eigenvalue weighted by Gasteiger charge is -2.20. The number of pyridine rings is 1. The first-order valence-corrected chi connectivity index (χ1v) is 5.75. The molecule has 3 atom stereocenters. The van der Waals surface area contributed by atoms with Gasteiger partial charge in [-0.1, -0.05) is 0 Å². The predicted octanol–water partition coefficient (Wildman–Crippen LogP) is 1.72. The van der Waals surface area contributed by atoms with Crippen molar-refractivity contribution in [3.05, 3.63) is 28.4 Å². The van der Waals surface area contributed by atoms with Gasteiger partial charge in [0.2, 0.25) is 0 Å². The highest BCUT2D eigenvalue weighted by Crippen LogP contribution is 2.35. The van der Waals surface area contributed by atoms with Crippen molar-refractivity contribution in [2.24, 2.45) is 0 Å². The van der Waals surface area contributed by atoms with Crippen LogP contribution >= 0.6 is 0 Å². The van der Waals surface area contributed by atoms with Crippen LogP contribution < -0.4 is 5.32 Å². The summed E-state index contributed by atoms with van der Waals surface area (Å²) in [4.78, 5) is 14.3. The third-order valence-corrected chi connectivity index (χ3v) is 3.39. The van der Waals surface area contributed by atoms with Crippen molar-refractivity contribution in [1.29, 1.82) is 0 Å². The Hall–Kier alpha value is -1.69. The second kappa shape index (κ2) is 3.96. The summed E-state index contributed by atoms with van der Waals surface area (Å²) in [5.41, 5.74) is 0.0616. The van der Waals surface area contributed by atoms with E-state index in [4.69, 9.17) is 4.74 Å². The van der Waals surface area contributed by atoms with Crippen LogP contribution in [0.1, 0.15) is 19.3 Å². The van der Waals surface area contributed by atoms with Crippen molar-refractivity contribution in [2.45, 2.75) is 37.5 Å². The van der Waals surface area contributed by atoms with Crippen molar-refractivity contribution in [2.75, 3.05) is 5.32 Å². The normalized spacial score (nSPS) is 30.5. The second-order valence-electron chi connectivity index (χ2n) is 4.52. The van der Waals surface area contributed by atoms with Gasteiger partial charge in [-0.25, -0.2) is 4.98 Å². The fourth-order valence-corrected chi connectivity index (χ4v) is 2.59. The van der Waals surface area contributed by atoms with Crippen molar-refractivity contribution < 1.29 is 9.66 Å². The Balaban J connectivity index is 1.73. The third-order valence-electron chi connectivity index (χ3n) is 3.39. The molecule has 2 fully saturated rings. The smallest absolute Gasteiger partial charge is 0.274 e. The highest BCUT2D eigenvalue weighted by Gasteiger charge is 2.40. The third kappa shape index (κ3) is 1.95. The van der Waals surface area contributed by atoms with Gasteiger partial charge in [0.1, 0.15) is 5.82 Å². The molecule has 17 heavy (non-hydrogen) atoms. The molecule has 2 aliphatic heterocycles. The zero-order chi connectivity index (χ0) is 11.8. The largest absolute Gasteiger partial charge is 0.373 e. The van der Waals surface area contributed by atoms with E-state index in [1.807, 2.05) is 0 Å². The minimum Gasteiger partial charge on any atom is -0.373 e. The molecule has 0 radical (unpaired) electrons. The Morgan fingerprint density at radius 3 is 3.06 bits per heavy atom. The molecule has 1 N–H and O–H groups in total. The molecule has 90 valence electrons. The van der Waals surface area contributed by atoms with Crippen molar-refractivity contribution in [1.82, 2.24) is 4.98 Å². The van der Waals surface area contributed by atoms with Gasteiger partial charge in [-0.15, -0.1) is 0 Å². The van der Waals surface area contributed by atoms with Gasteiger partial charge in [0.05, 0.1) is 29.2 Å². The highest BCUT2D eigenvalue weighted by molar-refractivity contribution is 5.45. The molecule has 0 saturated carbocycles. The van der Waals surface area contributed by atoms with Crippen LogP contribution in [0, 0.1) is 10.1 Å². The number of nitrogens with one attached hydrogen (secondary N) is 1. The van der Waals surface area contributed by atoms with Gasteiger partial charge in [-0.3, -0.25) is 10.1 Å². The molecule has 2 aliphatic rings. The highest BCUT2D eigenvalue weighted by atomic mass is 16.6. The summed E-state index contributed by atoms with van der Waals surface area (Å²) < 4.78 is 5.71.